The summed E-state index contributed by atoms with van der Waals surface area (Å²) in [5.41, 5.74) is -3.18. The standard InChI is InChI=1S/C7H5F3N2O5/c8-7(9,10)17-6-4(12(15)16)5(14)3(2-13)1-11-6/h1,13H,2H2,(H,11,14). The average molecular weight is 254 g/mol. The highest BCUT2D eigenvalue weighted by molar-refractivity contribution is 5.42. The van der Waals surface area contributed by atoms with E-state index in [2.05, 4.69) is 4.74 Å². The molecule has 0 spiro atoms. The first kappa shape index (κ1) is 13.0. The Hall–Kier alpha value is -2.10. The number of nitrogens with one attached hydrogen (secondary N) is 1. The fraction of sp³-hybridized carbons (Fsp3) is 0.286. The van der Waals surface area contributed by atoms with Crippen molar-refractivity contribution in [2.75, 3.05) is 0 Å². The lowest BCUT2D eigenvalue weighted by Crippen LogP contribution is -2.22. The minimum absolute atomic E-state index is 0.439. The molecule has 0 unspecified atom stereocenters. The highest BCUT2D eigenvalue weighted by Gasteiger charge is 2.36. The highest BCUT2D eigenvalue weighted by atomic mass is 19.4. The summed E-state index contributed by atoms with van der Waals surface area (Å²) in [6.45, 7) is -0.845. The Labute approximate surface area is 90.6 Å². The summed E-state index contributed by atoms with van der Waals surface area (Å²) in [5.74, 6) is -1.33. The molecule has 0 aliphatic carbocycles. The van der Waals surface area contributed by atoms with Crippen molar-refractivity contribution < 1.29 is 27.9 Å². The number of aromatic nitrogens is 1. The van der Waals surface area contributed by atoms with Crippen LogP contribution in [-0.4, -0.2) is 21.4 Å². The van der Waals surface area contributed by atoms with E-state index in [1.165, 1.54) is 0 Å². The van der Waals surface area contributed by atoms with E-state index in [9.17, 15) is 28.1 Å². The van der Waals surface area contributed by atoms with Gasteiger partial charge in [-0.1, -0.05) is 0 Å². The fourth-order valence-corrected chi connectivity index (χ4v) is 1.02. The Balaban J connectivity index is 3.37. The number of H-pyrrole nitrogens is 1. The van der Waals surface area contributed by atoms with Gasteiger partial charge in [0.2, 0.25) is 0 Å². The topological polar surface area (TPSA) is 105 Å². The molecule has 0 aliphatic rings. The smallest absolute Gasteiger partial charge is 0.391 e. The molecule has 1 aromatic heterocycles. The van der Waals surface area contributed by atoms with Crippen molar-refractivity contribution in [2.24, 2.45) is 0 Å². The lowest BCUT2D eigenvalue weighted by atomic mass is 10.2. The molecule has 1 rings (SSSR count). The number of rotatable bonds is 3. The van der Waals surface area contributed by atoms with Crippen LogP contribution in [0, 0.1) is 10.1 Å². The largest absolute Gasteiger partial charge is 0.574 e. The minimum Gasteiger partial charge on any atom is -0.391 e. The molecule has 0 radical (unpaired) electrons. The van der Waals surface area contributed by atoms with Crippen LogP contribution in [0.25, 0.3) is 0 Å². The number of hydrogen-bond donors (Lipinski definition) is 2. The van der Waals surface area contributed by atoms with E-state index in [0.717, 1.165) is 0 Å². The Morgan fingerprint density at radius 3 is 2.53 bits per heavy atom. The van der Waals surface area contributed by atoms with E-state index >= 15 is 0 Å². The molecule has 0 aliphatic heterocycles. The Morgan fingerprint density at radius 1 is 1.53 bits per heavy atom. The zero-order valence-electron chi connectivity index (χ0n) is 7.95. The number of nitrogens with zero attached hydrogens (tertiary/aromatic N) is 1. The van der Waals surface area contributed by atoms with Gasteiger partial charge in [-0.2, -0.15) is 0 Å². The summed E-state index contributed by atoms with van der Waals surface area (Å²) in [6, 6.07) is 0. The molecular weight excluding hydrogens is 249 g/mol. The second-order valence-corrected chi connectivity index (χ2v) is 2.78. The van der Waals surface area contributed by atoms with Crippen LogP contribution in [0.5, 0.6) is 5.88 Å². The number of aromatic amines is 1. The van der Waals surface area contributed by atoms with E-state index in [1.54, 1.807) is 4.98 Å². The SMILES string of the molecule is O=c1c(CO)c[nH]c(OC(F)(F)F)c1[N+](=O)[O-]. The van der Waals surface area contributed by atoms with Gasteiger partial charge >= 0.3 is 12.0 Å². The van der Waals surface area contributed by atoms with Gasteiger partial charge in [0.25, 0.3) is 11.3 Å². The van der Waals surface area contributed by atoms with Crippen LogP contribution >= 0.6 is 0 Å². The minimum atomic E-state index is -5.17. The predicted octanol–water partition coefficient (Wildman–Crippen LogP) is 0.674. The van der Waals surface area contributed by atoms with Crippen LogP contribution in [-0.2, 0) is 6.61 Å². The van der Waals surface area contributed by atoms with E-state index in [0.29, 0.717) is 6.20 Å². The Morgan fingerprint density at radius 2 is 2.12 bits per heavy atom. The first-order valence-electron chi connectivity index (χ1n) is 4.02. The van der Waals surface area contributed by atoms with Gasteiger partial charge in [0.1, 0.15) is 0 Å². The van der Waals surface area contributed by atoms with Gasteiger partial charge in [-0.3, -0.25) is 14.9 Å². The summed E-state index contributed by atoms with van der Waals surface area (Å²) in [7, 11) is 0. The second-order valence-electron chi connectivity index (χ2n) is 2.78. The third-order valence-electron chi connectivity index (χ3n) is 1.67. The summed E-state index contributed by atoms with van der Waals surface area (Å²) in [6.07, 6.45) is -4.47. The van der Waals surface area contributed by atoms with Gasteiger partial charge in [-0.25, -0.2) is 0 Å². The van der Waals surface area contributed by atoms with Crippen molar-refractivity contribution in [1.29, 1.82) is 0 Å². The summed E-state index contributed by atoms with van der Waals surface area (Å²) in [4.78, 5) is 22.2. The quantitative estimate of drug-likeness (QED) is 0.609. The Kier molecular flexibility index (Phi) is 3.36. The summed E-state index contributed by atoms with van der Waals surface area (Å²) < 4.78 is 38.9. The molecule has 0 fully saturated rings. The van der Waals surface area contributed by atoms with Gasteiger partial charge in [0.15, 0.2) is 0 Å². The molecule has 1 heterocycles. The van der Waals surface area contributed by atoms with E-state index in [-0.39, 0.29) is 0 Å². The Bertz CT molecular complexity index is 495. The third-order valence-corrected chi connectivity index (χ3v) is 1.67. The third kappa shape index (κ3) is 2.93. The van der Waals surface area contributed by atoms with Crippen LogP contribution in [0.3, 0.4) is 0 Å². The molecule has 0 saturated heterocycles. The van der Waals surface area contributed by atoms with Crippen molar-refractivity contribution in [3.8, 4) is 5.88 Å². The van der Waals surface area contributed by atoms with Gasteiger partial charge in [0, 0.05) is 11.8 Å². The summed E-state index contributed by atoms with van der Waals surface area (Å²) in [5, 5.41) is 19.1. The normalized spacial score (nSPS) is 11.3. The molecule has 0 amide bonds. The number of aliphatic hydroxyl groups excluding tert-OH is 1. The second kappa shape index (κ2) is 4.41. The number of nitro groups is 1. The number of halogens is 3. The van der Waals surface area contributed by atoms with E-state index in [4.69, 9.17) is 5.11 Å². The van der Waals surface area contributed by atoms with Gasteiger partial charge in [0.05, 0.1) is 11.5 Å². The molecule has 17 heavy (non-hydrogen) atoms. The van der Waals surface area contributed by atoms with Crippen molar-refractivity contribution in [2.45, 2.75) is 13.0 Å². The van der Waals surface area contributed by atoms with Crippen molar-refractivity contribution in [1.82, 2.24) is 4.98 Å². The molecule has 10 heteroatoms. The summed E-state index contributed by atoms with van der Waals surface area (Å²) >= 11 is 0. The molecule has 0 bridgehead atoms. The monoisotopic (exact) mass is 254 g/mol. The predicted molar refractivity (Wildman–Crippen MR) is 46.3 cm³/mol. The number of hydrogen-bond acceptors (Lipinski definition) is 5. The highest BCUT2D eigenvalue weighted by Crippen LogP contribution is 2.27. The first-order chi connectivity index (χ1) is 7.76. The van der Waals surface area contributed by atoms with Crippen molar-refractivity contribution in [3.05, 3.63) is 32.1 Å². The van der Waals surface area contributed by atoms with Crippen LogP contribution in [0.4, 0.5) is 18.9 Å². The zero-order chi connectivity index (χ0) is 13.2. The lowest BCUT2D eigenvalue weighted by molar-refractivity contribution is -0.390. The van der Waals surface area contributed by atoms with Gasteiger partial charge in [-0.15, -0.1) is 13.2 Å². The van der Waals surface area contributed by atoms with Crippen molar-refractivity contribution in [3.63, 3.8) is 0 Å². The van der Waals surface area contributed by atoms with Crippen molar-refractivity contribution >= 4 is 5.69 Å². The van der Waals surface area contributed by atoms with Crippen LogP contribution in [0.2, 0.25) is 0 Å². The molecule has 1 aromatic rings. The number of aliphatic hydroxyl groups is 1. The molecular formula is C7H5F3N2O5. The van der Waals surface area contributed by atoms with Crippen LogP contribution in [0.1, 0.15) is 5.56 Å². The lowest BCUT2D eigenvalue weighted by Gasteiger charge is -2.08. The van der Waals surface area contributed by atoms with E-state index < -0.39 is 40.5 Å². The van der Waals surface area contributed by atoms with Crippen LogP contribution in [0.15, 0.2) is 11.0 Å². The van der Waals surface area contributed by atoms with E-state index in [1.807, 2.05) is 0 Å². The number of alkyl halides is 3. The molecule has 0 atom stereocenters. The van der Waals surface area contributed by atoms with Crippen LogP contribution < -0.4 is 10.2 Å². The van der Waals surface area contributed by atoms with Gasteiger partial charge in [-0.05, 0) is 0 Å². The number of pyridine rings is 1. The molecule has 94 valence electrons. The maximum Gasteiger partial charge on any atom is 0.574 e. The van der Waals surface area contributed by atoms with Gasteiger partial charge < -0.3 is 14.8 Å². The fourth-order valence-electron chi connectivity index (χ4n) is 1.02. The molecule has 7 nitrogen and oxygen atoms in total. The molecule has 0 aromatic carbocycles. The molecule has 0 saturated carbocycles. The average Bonchev–Trinajstić information content (AvgIpc) is 2.14. The maximum atomic E-state index is 11.9. The zero-order valence-corrected chi connectivity index (χ0v) is 7.95. The first-order valence-corrected chi connectivity index (χ1v) is 4.02. The molecule has 2 N–H and O–H groups in total. The number of ether oxygens (including phenoxy) is 1. The maximum absolute atomic E-state index is 11.9.